The fraction of sp³-hybridized carbons (Fsp3) is 0.769. The van der Waals surface area contributed by atoms with Gasteiger partial charge in [-0.25, -0.2) is 0 Å². The standard InChI is InChI=1S/C13H23N5O2/c1-3-8-14-11-16-12(18-13(17-11)20-2)15-9-4-6-10(19)7-5-9/h9-10,19H,3-8H2,1-2H3,(H2,14,15,16,17,18). The van der Waals surface area contributed by atoms with E-state index in [1.165, 1.54) is 0 Å². The molecule has 0 amide bonds. The Bertz CT molecular complexity index is 421. The molecular weight excluding hydrogens is 258 g/mol. The van der Waals surface area contributed by atoms with E-state index in [-0.39, 0.29) is 6.10 Å². The Morgan fingerprint density at radius 3 is 2.50 bits per heavy atom. The number of aliphatic hydroxyl groups is 1. The molecule has 1 aromatic rings. The highest BCUT2D eigenvalue weighted by Gasteiger charge is 2.20. The van der Waals surface area contributed by atoms with Crippen LogP contribution in [0.1, 0.15) is 39.0 Å². The van der Waals surface area contributed by atoms with Gasteiger partial charge in [0.15, 0.2) is 0 Å². The quantitative estimate of drug-likeness (QED) is 0.726. The molecule has 7 nitrogen and oxygen atoms in total. The predicted octanol–water partition coefficient (Wildman–Crippen LogP) is 1.42. The number of aliphatic hydroxyl groups excluding tert-OH is 1. The van der Waals surface area contributed by atoms with Crippen molar-refractivity contribution in [3.63, 3.8) is 0 Å². The lowest BCUT2D eigenvalue weighted by Crippen LogP contribution is -2.29. The second-order valence-electron chi connectivity index (χ2n) is 5.05. The summed E-state index contributed by atoms with van der Waals surface area (Å²) < 4.78 is 5.10. The van der Waals surface area contributed by atoms with Crippen molar-refractivity contribution >= 4 is 11.9 Å². The first kappa shape index (κ1) is 14.8. The SMILES string of the molecule is CCCNc1nc(NC2CCC(O)CC2)nc(OC)n1. The molecule has 0 bridgehead atoms. The molecule has 1 aliphatic carbocycles. The summed E-state index contributed by atoms with van der Waals surface area (Å²) in [6, 6.07) is 0.599. The number of anilines is 2. The van der Waals surface area contributed by atoms with Gasteiger partial charge in [0.25, 0.3) is 0 Å². The zero-order valence-corrected chi connectivity index (χ0v) is 12.1. The molecule has 0 aliphatic heterocycles. The maximum atomic E-state index is 9.52. The summed E-state index contributed by atoms with van der Waals surface area (Å²) in [6.07, 6.45) is 4.32. The van der Waals surface area contributed by atoms with E-state index in [0.29, 0.717) is 23.9 Å². The number of nitrogens with zero attached hydrogens (tertiary/aromatic N) is 3. The molecule has 0 radical (unpaired) electrons. The largest absolute Gasteiger partial charge is 0.467 e. The Labute approximate surface area is 119 Å². The molecule has 20 heavy (non-hydrogen) atoms. The molecule has 112 valence electrons. The van der Waals surface area contributed by atoms with E-state index in [9.17, 15) is 5.11 Å². The summed E-state index contributed by atoms with van der Waals surface area (Å²) in [5.74, 6) is 1.05. The summed E-state index contributed by atoms with van der Waals surface area (Å²) in [6.45, 7) is 2.89. The summed E-state index contributed by atoms with van der Waals surface area (Å²) >= 11 is 0. The van der Waals surface area contributed by atoms with E-state index < -0.39 is 0 Å². The highest BCUT2D eigenvalue weighted by Crippen LogP contribution is 2.21. The van der Waals surface area contributed by atoms with Crippen molar-refractivity contribution in [1.82, 2.24) is 15.0 Å². The number of ether oxygens (including phenoxy) is 1. The Morgan fingerprint density at radius 2 is 1.85 bits per heavy atom. The highest BCUT2D eigenvalue weighted by atomic mass is 16.5. The van der Waals surface area contributed by atoms with Crippen molar-refractivity contribution in [2.24, 2.45) is 0 Å². The molecular formula is C13H23N5O2. The van der Waals surface area contributed by atoms with Gasteiger partial charge in [-0.2, -0.15) is 15.0 Å². The van der Waals surface area contributed by atoms with Crippen molar-refractivity contribution in [3.05, 3.63) is 0 Å². The lowest BCUT2D eigenvalue weighted by Gasteiger charge is -2.26. The Kier molecular flexibility index (Phi) is 5.34. The van der Waals surface area contributed by atoms with Crippen molar-refractivity contribution < 1.29 is 9.84 Å². The van der Waals surface area contributed by atoms with Gasteiger partial charge in [0.1, 0.15) is 0 Å². The summed E-state index contributed by atoms with van der Waals surface area (Å²) in [5, 5.41) is 15.9. The van der Waals surface area contributed by atoms with E-state index in [1.54, 1.807) is 7.11 Å². The lowest BCUT2D eigenvalue weighted by molar-refractivity contribution is 0.126. The van der Waals surface area contributed by atoms with Crippen molar-refractivity contribution in [2.45, 2.75) is 51.2 Å². The highest BCUT2D eigenvalue weighted by molar-refractivity contribution is 5.36. The van der Waals surface area contributed by atoms with Gasteiger partial charge in [-0.05, 0) is 32.1 Å². The smallest absolute Gasteiger partial charge is 0.322 e. The molecule has 1 aliphatic rings. The molecule has 1 saturated carbocycles. The van der Waals surface area contributed by atoms with Gasteiger partial charge < -0.3 is 20.5 Å². The number of hydrogen-bond acceptors (Lipinski definition) is 7. The predicted molar refractivity (Wildman–Crippen MR) is 77.0 cm³/mol. The monoisotopic (exact) mass is 281 g/mol. The Morgan fingerprint density at radius 1 is 1.15 bits per heavy atom. The van der Waals surface area contributed by atoms with E-state index in [4.69, 9.17) is 4.74 Å². The van der Waals surface area contributed by atoms with E-state index >= 15 is 0 Å². The molecule has 1 aromatic heterocycles. The minimum Gasteiger partial charge on any atom is -0.467 e. The molecule has 3 N–H and O–H groups in total. The second-order valence-corrected chi connectivity index (χ2v) is 5.05. The van der Waals surface area contributed by atoms with Crippen molar-refractivity contribution in [1.29, 1.82) is 0 Å². The zero-order chi connectivity index (χ0) is 14.4. The Hall–Kier alpha value is -1.63. The minimum absolute atomic E-state index is 0.164. The van der Waals surface area contributed by atoms with Crippen LogP contribution in [-0.4, -0.2) is 45.9 Å². The number of aromatic nitrogens is 3. The summed E-state index contributed by atoms with van der Waals surface area (Å²) in [7, 11) is 1.54. The number of nitrogens with one attached hydrogen (secondary N) is 2. The van der Waals surface area contributed by atoms with Crippen LogP contribution < -0.4 is 15.4 Å². The first-order valence-corrected chi connectivity index (χ1v) is 7.19. The van der Waals surface area contributed by atoms with E-state index in [2.05, 4.69) is 32.5 Å². The van der Waals surface area contributed by atoms with Crippen LogP contribution in [0.2, 0.25) is 0 Å². The number of hydrogen-bond donors (Lipinski definition) is 3. The van der Waals surface area contributed by atoms with Crippen LogP contribution in [0, 0.1) is 0 Å². The molecule has 0 atom stereocenters. The van der Waals surface area contributed by atoms with Gasteiger partial charge in [0, 0.05) is 12.6 Å². The summed E-state index contributed by atoms with van der Waals surface area (Å²) in [5.41, 5.74) is 0. The van der Waals surface area contributed by atoms with Gasteiger partial charge in [0.05, 0.1) is 13.2 Å². The van der Waals surface area contributed by atoms with Crippen molar-refractivity contribution in [3.8, 4) is 6.01 Å². The van der Waals surface area contributed by atoms with Crippen LogP contribution in [0.25, 0.3) is 0 Å². The lowest BCUT2D eigenvalue weighted by atomic mass is 9.93. The third kappa shape index (κ3) is 4.19. The zero-order valence-electron chi connectivity index (χ0n) is 12.1. The van der Waals surface area contributed by atoms with Crippen LogP contribution in [0.4, 0.5) is 11.9 Å². The van der Waals surface area contributed by atoms with Gasteiger partial charge >= 0.3 is 6.01 Å². The average Bonchev–Trinajstić information content (AvgIpc) is 2.47. The molecule has 1 heterocycles. The fourth-order valence-corrected chi connectivity index (χ4v) is 2.23. The third-order valence-corrected chi connectivity index (χ3v) is 3.36. The molecule has 0 spiro atoms. The summed E-state index contributed by atoms with van der Waals surface area (Å²) in [4.78, 5) is 12.7. The number of rotatable bonds is 6. The van der Waals surface area contributed by atoms with Gasteiger partial charge in [-0.1, -0.05) is 6.92 Å². The van der Waals surface area contributed by atoms with Gasteiger partial charge in [-0.3, -0.25) is 0 Å². The van der Waals surface area contributed by atoms with Gasteiger partial charge in [0.2, 0.25) is 11.9 Å². The number of methoxy groups -OCH3 is 1. The van der Waals surface area contributed by atoms with E-state index in [1.807, 2.05) is 0 Å². The first-order valence-electron chi connectivity index (χ1n) is 7.19. The van der Waals surface area contributed by atoms with Crippen LogP contribution >= 0.6 is 0 Å². The molecule has 0 saturated heterocycles. The normalized spacial score (nSPS) is 22.4. The Balaban J connectivity index is 2.02. The maximum absolute atomic E-state index is 9.52. The van der Waals surface area contributed by atoms with Crippen LogP contribution in [0.5, 0.6) is 6.01 Å². The maximum Gasteiger partial charge on any atom is 0.322 e. The van der Waals surface area contributed by atoms with Crippen LogP contribution in [-0.2, 0) is 0 Å². The first-order chi connectivity index (χ1) is 9.71. The molecule has 2 rings (SSSR count). The fourth-order valence-electron chi connectivity index (χ4n) is 2.23. The van der Waals surface area contributed by atoms with Crippen LogP contribution in [0.15, 0.2) is 0 Å². The molecule has 7 heteroatoms. The second kappa shape index (κ2) is 7.23. The molecule has 0 unspecified atom stereocenters. The minimum atomic E-state index is -0.164. The van der Waals surface area contributed by atoms with Crippen molar-refractivity contribution in [2.75, 3.05) is 24.3 Å². The van der Waals surface area contributed by atoms with E-state index in [0.717, 1.165) is 38.6 Å². The topological polar surface area (TPSA) is 92.2 Å². The third-order valence-electron chi connectivity index (χ3n) is 3.36. The average molecular weight is 281 g/mol. The van der Waals surface area contributed by atoms with Gasteiger partial charge in [-0.15, -0.1) is 0 Å². The molecule has 0 aromatic carbocycles. The molecule has 1 fully saturated rings. The van der Waals surface area contributed by atoms with Crippen LogP contribution in [0.3, 0.4) is 0 Å².